The first kappa shape index (κ1) is 17.5. The molecule has 1 atom stereocenters. The number of rotatable bonds is 7. The SMILES string of the molecule is COC(=O)C(C(=O)OC)[C@@H](CCN=[N+]=[N-])c1ccc(F)cc1. The fraction of sp³-hybridized carbons (Fsp3) is 0.429. The molecule has 1 aromatic carbocycles. The van der Waals surface area contributed by atoms with Crippen LogP contribution in [0.1, 0.15) is 17.9 Å². The van der Waals surface area contributed by atoms with Gasteiger partial charge in [-0.3, -0.25) is 9.59 Å². The number of nitrogens with zero attached hydrogens (tertiary/aromatic N) is 3. The summed E-state index contributed by atoms with van der Waals surface area (Å²) in [4.78, 5) is 26.5. The van der Waals surface area contributed by atoms with Crippen molar-refractivity contribution in [1.82, 2.24) is 0 Å². The molecule has 0 aliphatic carbocycles. The zero-order chi connectivity index (χ0) is 16.5. The van der Waals surface area contributed by atoms with Gasteiger partial charge in [-0.1, -0.05) is 17.2 Å². The number of hydrogen-bond donors (Lipinski definition) is 0. The van der Waals surface area contributed by atoms with Crippen LogP contribution in [0, 0.1) is 11.7 Å². The minimum Gasteiger partial charge on any atom is -0.468 e. The van der Waals surface area contributed by atoms with Gasteiger partial charge in [0.05, 0.1) is 14.2 Å². The van der Waals surface area contributed by atoms with Crippen molar-refractivity contribution in [3.05, 3.63) is 46.1 Å². The van der Waals surface area contributed by atoms with Crippen LogP contribution in [0.25, 0.3) is 10.4 Å². The maximum atomic E-state index is 13.1. The van der Waals surface area contributed by atoms with Gasteiger partial charge >= 0.3 is 11.9 Å². The number of halogens is 1. The van der Waals surface area contributed by atoms with E-state index in [9.17, 15) is 14.0 Å². The Labute approximate surface area is 126 Å². The van der Waals surface area contributed by atoms with Gasteiger partial charge in [0.15, 0.2) is 5.92 Å². The molecule has 0 N–H and O–H groups in total. The lowest BCUT2D eigenvalue weighted by molar-refractivity contribution is -0.160. The lowest BCUT2D eigenvalue weighted by Crippen LogP contribution is -2.32. The summed E-state index contributed by atoms with van der Waals surface area (Å²) in [5.74, 6) is -3.82. The number of carbonyl (C=O) groups excluding carboxylic acids is 2. The summed E-state index contributed by atoms with van der Waals surface area (Å²) in [5.41, 5.74) is 8.91. The number of hydrogen-bond acceptors (Lipinski definition) is 5. The summed E-state index contributed by atoms with van der Waals surface area (Å²) in [7, 11) is 2.32. The summed E-state index contributed by atoms with van der Waals surface area (Å²) in [5, 5.41) is 3.41. The molecule has 1 aromatic rings. The predicted molar refractivity (Wildman–Crippen MR) is 75.3 cm³/mol. The van der Waals surface area contributed by atoms with Crippen molar-refractivity contribution in [1.29, 1.82) is 0 Å². The lowest BCUT2D eigenvalue weighted by Gasteiger charge is -2.23. The Hall–Kier alpha value is -2.60. The lowest BCUT2D eigenvalue weighted by atomic mass is 9.83. The van der Waals surface area contributed by atoms with Crippen LogP contribution < -0.4 is 0 Å². The molecule has 0 bridgehead atoms. The number of ether oxygens (including phenoxy) is 2. The Balaban J connectivity index is 3.19. The Morgan fingerprint density at radius 1 is 1.23 bits per heavy atom. The van der Waals surface area contributed by atoms with Crippen LogP contribution in [0.15, 0.2) is 29.4 Å². The molecule has 0 radical (unpaired) electrons. The first-order valence-corrected chi connectivity index (χ1v) is 6.47. The highest BCUT2D eigenvalue weighted by molar-refractivity contribution is 5.96. The van der Waals surface area contributed by atoms with Crippen molar-refractivity contribution in [2.45, 2.75) is 12.3 Å². The molecule has 118 valence electrons. The third-order valence-electron chi connectivity index (χ3n) is 3.21. The monoisotopic (exact) mass is 309 g/mol. The number of azide groups is 1. The minimum atomic E-state index is -1.21. The van der Waals surface area contributed by atoms with Crippen molar-refractivity contribution in [3.8, 4) is 0 Å². The van der Waals surface area contributed by atoms with Crippen molar-refractivity contribution < 1.29 is 23.5 Å². The van der Waals surface area contributed by atoms with Gasteiger partial charge in [0.25, 0.3) is 0 Å². The fourth-order valence-electron chi connectivity index (χ4n) is 2.16. The zero-order valence-corrected chi connectivity index (χ0v) is 12.2. The Kier molecular flexibility index (Phi) is 6.85. The molecule has 8 heteroatoms. The summed E-state index contributed by atoms with van der Waals surface area (Å²) in [6.45, 7) is 0.0725. The minimum absolute atomic E-state index is 0.0725. The van der Waals surface area contributed by atoms with E-state index in [-0.39, 0.29) is 13.0 Å². The van der Waals surface area contributed by atoms with Crippen molar-refractivity contribution in [2.75, 3.05) is 20.8 Å². The number of esters is 2. The van der Waals surface area contributed by atoms with Crippen LogP contribution in [-0.2, 0) is 19.1 Å². The van der Waals surface area contributed by atoms with E-state index in [0.29, 0.717) is 5.56 Å². The van der Waals surface area contributed by atoms with Crippen molar-refractivity contribution in [3.63, 3.8) is 0 Å². The Morgan fingerprint density at radius 2 is 1.77 bits per heavy atom. The molecule has 0 amide bonds. The molecule has 0 fully saturated rings. The van der Waals surface area contributed by atoms with Crippen molar-refractivity contribution >= 4 is 11.9 Å². The third kappa shape index (κ3) is 4.46. The normalized spacial score (nSPS) is 11.5. The third-order valence-corrected chi connectivity index (χ3v) is 3.21. The van der Waals surface area contributed by atoms with Gasteiger partial charge in [0.1, 0.15) is 5.82 Å². The van der Waals surface area contributed by atoms with Gasteiger partial charge in [0, 0.05) is 17.4 Å². The first-order valence-electron chi connectivity index (χ1n) is 6.47. The van der Waals surface area contributed by atoms with E-state index < -0.39 is 29.6 Å². The number of carbonyl (C=O) groups is 2. The molecular formula is C14H16FN3O4. The van der Waals surface area contributed by atoms with Crippen LogP contribution in [0.2, 0.25) is 0 Å². The zero-order valence-electron chi connectivity index (χ0n) is 12.2. The molecule has 0 spiro atoms. The molecule has 7 nitrogen and oxygen atoms in total. The molecule has 0 heterocycles. The molecule has 0 saturated heterocycles. The van der Waals surface area contributed by atoms with Gasteiger partial charge < -0.3 is 9.47 Å². The fourth-order valence-corrected chi connectivity index (χ4v) is 2.16. The second-order valence-electron chi connectivity index (χ2n) is 4.43. The maximum Gasteiger partial charge on any atom is 0.320 e. The average Bonchev–Trinajstić information content (AvgIpc) is 2.54. The molecule has 0 saturated carbocycles. The topological polar surface area (TPSA) is 101 Å². The predicted octanol–water partition coefficient (Wildman–Crippen LogP) is 2.57. The van der Waals surface area contributed by atoms with Crippen LogP contribution >= 0.6 is 0 Å². The molecule has 0 unspecified atom stereocenters. The highest BCUT2D eigenvalue weighted by atomic mass is 19.1. The summed E-state index contributed by atoms with van der Waals surface area (Å²) in [6.07, 6.45) is 0.213. The van der Waals surface area contributed by atoms with Gasteiger partial charge in [-0.25, -0.2) is 4.39 Å². The molecule has 1 rings (SSSR count). The Bertz CT molecular complexity index is 554. The van der Waals surface area contributed by atoms with Gasteiger partial charge in [-0.2, -0.15) is 0 Å². The van der Waals surface area contributed by atoms with E-state index in [1.807, 2.05) is 0 Å². The van der Waals surface area contributed by atoms with Gasteiger partial charge in [-0.15, -0.1) is 0 Å². The van der Waals surface area contributed by atoms with Gasteiger partial charge in [-0.05, 0) is 29.6 Å². The molecule has 0 aromatic heterocycles. The maximum absolute atomic E-state index is 13.1. The largest absolute Gasteiger partial charge is 0.468 e. The van der Waals surface area contributed by atoms with E-state index in [2.05, 4.69) is 19.5 Å². The van der Waals surface area contributed by atoms with E-state index in [4.69, 9.17) is 5.53 Å². The molecular weight excluding hydrogens is 293 g/mol. The molecule has 0 aliphatic rings. The summed E-state index contributed by atoms with van der Waals surface area (Å²) < 4.78 is 22.4. The van der Waals surface area contributed by atoms with Gasteiger partial charge in [0.2, 0.25) is 0 Å². The quantitative estimate of drug-likeness (QED) is 0.254. The highest BCUT2D eigenvalue weighted by Crippen LogP contribution is 2.30. The molecule has 0 aliphatic heterocycles. The summed E-state index contributed by atoms with van der Waals surface area (Å²) in [6, 6.07) is 5.38. The van der Waals surface area contributed by atoms with Crippen LogP contribution in [-0.4, -0.2) is 32.7 Å². The van der Waals surface area contributed by atoms with Crippen molar-refractivity contribution in [2.24, 2.45) is 11.0 Å². The number of benzene rings is 1. The highest BCUT2D eigenvalue weighted by Gasteiger charge is 2.37. The summed E-state index contributed by atoms with van der Waals surface area (Å²) >= 11 is 0. The van der Waals surface area contributed by atoms with Crippen LogP contribution in [0.3, 0.4) is 0 Å². The standard InChI is InChI=1S/C14H16FN3O4/c1-21-13(19)12(14(20)22-2)11(7-8-17-18-16)9-3-5-10(15)6-4-9/h3-6,11-12H,7-8H2,1-2H3/t11-/m0/s1. The van der Waals surface area contributed by atoms with E-state index in [1.54, 1.807) is 0 Å². The first-order chi connectivity index (χ1) is 10.5. The average molecular weight is 309 g/mol. The smallest absolute Gasteiger partial charge is 0.320 e. The second-order valence-corrected chi connectivity index (χ2v) is 4.43. The van der Waals surface area contributed by atoms with Crippen LogP contribution in [0.4, 0.5) is 4.39 Å². The van der Waals surface area contributed by atoms with Crippen LogP contribution in [0.5, 0.6) is 0 Å². The molecule has 22 heavy (non-hydrogen) atoms. The number of methoxy groups -OCH3 is 2. The van der Waals surface area contributed by atoms with E-state index in [1.165, 1.54) is 24.3 Å². The van der Waals surface area contributed by atoms with E-state index in [0.717, 1.165) is 14.2 Å². The van der Waals surface area contributed by atoms with E-state index >= 15 is 0 Å². The second kappa shape index (κ2) is 8.63. The Morgan fingerprint density at radius 3 is 2.23 bits per heavy atom.